The van der Waals surface area contributed by atoms with E-state index >= 15 is 0 Å². The maximum atomic E-state index is 12.1. The molecule has 0 radical (unpaired) electrons. The molecule has 0 spiro atoms. The van der Waals surface area contributed by atoms with Crippen molar-refractivity contribution in [3.8, 4) is 6.07 Å². The summed E-state index contributed by atoms with van der Waals surface area (Å²) >= 11 is 0. The van der Waals surface area contributed by atoms with Crippen LogP contribution >= 0.6 is 0 Å². The molecule has 2 aliphatic rings. The van der Waals surface area contributed by atoms with E-state index in [4.69, 9.17) is 5.26 Å². The van der Waals surface area contributed by atoms with Crippen LogP contribution in [0.15, 0.2) is 24.3 Å². The van der Waals surface area contributed by atoms with Crippen LogP contribution in [-0.2, 0) is 4.79 Å². The lowest BCUT2D eigenvalue weighted by Gasteiger charge is -2.09. The van der Waals surface area contributed by atoms with E-state index in [1.54, 1.807) is 0 Å². The fourth-order valence-corrected chi connectivity index (χ4v) is 2.70. The molecule has 3 rings (SSSR count). The second kappa shape index (κ2) is 4.63. The van der Waals surface area contributed by atoms with Crippen LogP contribution in [0.3, 0.4) is 0 Å². The Balaban J connectivity index is 1.61. The van der Waals surface area contributed by atoms with Crippen molar-refractivity contribution < 1.29 is 4.79 Å². The minimum Gasteiger partial charge on any atom is -0.338 e. The summed E-state index contributed by atoms with van der Waals surface area (Å²) in [6, 6.07) is 10.8. The van der Waals surface area contributed by atoms with Crippen molar-refractivity contribution >= 4 is 5.91 Å². The second-order valence-electron chi connectivity index (χ2n) is 6.45. The van der Waals surface area contributed by atoms with Crippen LogP contribution < -0.4 is 5.32 Å². The largest absolute Gasteiger partial charge is 0.338 e. The lowest BCUT2D eigenvalue weighted by molar-refractivity contribution is -0.123. The van der Waals surface area contributed by atoms with Crippen LogP contribution in [0.25, 0.3) is 0 Å². The molecule has 0 unspecified atom stereocenters. The minimum atomic E-state index is -0.536. The molecule has 3 heteroatoms. The van der Waals surface area contributed by atoms with Gasteiger partial charge in [-0.15, -0.1) is 0 Å². The highest BCUT2D eigenvalue weighted by Crippen LogP contribution is 2.48. The van der Waals surface area contributed by atoms with Crippen LogP contribution in [0, 0.1) is 17.2 Å². The molecule has 2 saturated carbocycles. The average Bonchev–Trinajstić information content (AvgIpc) is 3.33. The Morgan fingerprint density at radius 1 is 1.35 bits per heavy atom. The molecule has 104 valence electrons. The molecular formula is C17H20N2O. The summed E-state index contributed by atoms with van der Waals surface area (Å²) in [4.78, 5) is 12.1. The van der Waals surface area contributed by atoms with Gasteiger partial charge in [-0.1, -0.05) is 38.1 Å². The molecular weight excluding hydrogens is 248 g/mol. The molecule has 20 heavy (non-hydrogen) atoms. The number of amides is 1. The first-order valence-corrected chi connectivity index (χ1v) is 7.38. The Labute approximate surface area is 120 Å². The van der Waals surface area contributed by atoms with Crippen molar-refractivity contribution in [3.63, 3.8) is 0 Å². The van der Waals surface area contributed by atoms with E-state index in [0.29, 0.717) is 11.8 Å². The number of nitrogens with one attached hydrogen (secondary N) is 1. The monoisotopic (exact) mass is 268 g/mol. The summed E-state index contributed by atoms with van der Waals surface area (Å²) in [5.74, 6) is 0.992. The Hall–Kier alpha value is -1.82. The van der Waals surface area contributed by atoms with Gasteiger partial charge in [0.1, 0.15) is 5.54 Å². The molecule has 0 bridgehead atoms. The lowest BCUT2D eigenvalue weighted by Crippen LogP contribution is -2.36. The number of nitrogens with zero attached hydrogens (tertiary/aromatic N) is 1. The zero-order chi connectivity index (χ0) is 14.3. The molecule has 0 aliphatic heterocycles. The highest BCUT2D eigenvalue weighted by atomic mass is 16.2. The number of carbonyl (C=O) groups is 1. The van der Waals surface area contributed by atoms with Gasteiger partial charge >= 0.3 is 0 Å². The van der Waals surface area contributed by atoms with Crippen molar-refractivity contribution in [2.24, 2.45) is 5.92 Å². The van der Waals surface area contributed by atoms with Gasteiger partial charge < -0.3 is 5.32 Å². The van der Waals surface area contributed by atoms with E-state index in [9.17, 15) is 4.79 Å². The van der Waals surface area contributed by atoms with Gasteiger partial charge in [0.05, 0.1) is 6.07 Å². The van der Waals surface area contributed by atoms with Gasteiger partial charge in [-0.25, -0.2) is 0 Å². The summed E-state index contributed by atoms with van der Waals surface area (Å²) in [5, 5.41) is 11.9. The summed E-state index contributed by atoms with van der Waals surface area (Å²) in [6.07, 6.45) is 2.51. The first-order chi connectivity index (χ1) is 9.54. The molecule has 2 atom stereocenters. The first kappa shape index (κ1) is 13.2. The van der Waals surface area contributed by atoms with Gasteiger partial charge in [-0.3, -0.25) is 4.79 Å². The molecule has 2 aliphatic carbocycles. The van der Waals surface area contributed by atoms with Crippen molar-refractivity contribution in [2.75, 3.05) is 0 Å². The third kappa shape index (κ3) is 2.43. The maximum Gasteiger partial charge on any atom is 0.224 e. The van der Waals surface area contributed by atoms with Crippen LogP contribution in [0.2, 0.25) is 0 Å². The third-order valence-electron chi connectivity index (χ3n) is 4.48. The highest BCUT2D eigenvalue weighted by molar-refractivity contribution is 5.84. The number of nitriles is 1. The number of rotatable bonds is 4. The van der Waals surface area contributed by atoms with Gasteiger partial charge in [0.2, 0.25) is 5.91 Å². The van der Waals surface area contributed by atoms with E-state index < -0.39 is 5.54 Å². The Kier molecular flexibility index (Phi) is 3.05. The molecule has 0 aromatic heterocycles. The number of carbonyl (C=O) groups excluding carboxylic acids is 1. The SMILES string of the molecule is CC(C)c1ccc([C@H]2C[C@@H]2C(=O)NC2(C#N)CC2)cc1. The van der Waals surface area contributed by atoms with E-state index in [-0.39, 0.29) is 11.8 Å². The fourth-order valence-electron chi connectivity index (χ4n) is 2.70. The van der Waals surface area contributed by atoms with Gasteiger partial charge in [0, 0.05) is 5.92 Å². The van der Waals surface area contributed by atoms with Gasteiger partial charge in [0.25, 0.3) is 0 Å². The van der Waals surface area contributed by atoms with Gasteiger partial charge in [-0.2, -0.15) is 5.26 Å². The summed E-state index contributed by atoms with van der Waals surface area (Å²) in [7, 11) is 0. The van der Waals surface area contributed by atoms with Crippen LogP contribution in [0.5, 0.6) is 0 Å². The topological polar surface area (TPSA) is 52.9 Å². The molecule has 1 aromatic rings. The Bertz CT molecular complexity index is 564. The van der Waals surface area contributed by atoms with Gasteiger partial charge in [0.15, 0.2) is 0 Å². The zero-order valence-corrected chi connectivity index (χ0v) is 12.0. The third-order valence-corrected chi connectivity index (χ3v) is 4.48. The van der Waals surface area contributed by atoms with E-state index in [1.165, 1.54) is 11.1 Å². The average molecular weight is 268 g/mol. The Morgan fingerprint density at radius 2 is 2.00 bits per heavy atom. The van der Waals surface area contributed by atoms with Crippen molar-refractivity contribution in [2.45, 2.75) is 50.5 Å². The first-order valence-electron chi connectivity index (χ1n) is 7.38. The molecule has 0 heterocycles. The van der Waals surface area contributed by atoms with Crippen LogP contribution in [0.4, 0.5) is 0 Å². The van der Waals surface area contributed by atoms with Crippen LogP contribution in [0.1, 0.15) is 56.1 Å². The normalized spacial score (nSPS) is 25.9. The molecule has 0 saturated heterocycles. The predicted molar refractivity (Wildman–Crippen MR) is 77.1 cm³/mol. The summed E-state index contributed by atoms with van der Waals surface area (Å²) in [5.41, 5.74) is 2.04. The number of benzene rings is 1. The number of hydrogen-bond donors (Lipinski definition) is 1. The molecule has 1 aromatic carbocycles. The molecule has 1 N–H and O–H groups in total. The van der Waals surface area contributed by atoms with Gasteiger partial charge in [-0.05, 0) is 42.2 Å². The van der Waals surface area contributed by atoms with E-state index in [0.717, 1.165) is 19.3 Å². The molecule has 2 fully saturated rings. The van der Waals surface area contributed by atoms with Crippen molar-refractivity contribution in [1.29, 1.82) is 5.26 Å². The standard InChI is InChI=1S/C17H20N2O/c1-11(2)12-3-5-13(6-4-12)14-9-15(14)16(20)19-17(10-18)7-8-17/h3-6,11,14-15H,7-9H2,1-2H3,(H,19,20)/t14-,15+/m1/s1. The van der Waals surface area contributed by atoms with E-state index in [1.807, 2.05) is 0 Å². The highest BCUT2D eigenvalue weighted by Gasteiger charge is 2.50. The van der Waals surface area contributed by atoms with E-state index in [2.05, 4.69) is 49.5 Å². The summed E-state index contributed by atoms with van der Waals surface area (Å²) < 4.78 is 0. The quantitative estimate of drug-likeness (QED) is 0.912. The van der Waals surface area contributed by atoms with Crippen LogP contribution in [-0.4, -0.2) is 11.4 Å². The zero-order valence-electron chi connectivity index (χ0n) is 12.0. The molecule has 3 nitrogen and oxygen atoms in total. The number of hydrogen-bond acceptors (Lipinski definition) is 2. The predicted octanol–water partition coefficient (Wildman–Crippen LogP) is 3.09. The maximum absolute atomic E-state index is 12.1. The van der Waals surface area contributed by atoms with Crippen molar-refractivity contribution in [3.05, 3.63) is 35.4 Å². The summed E-state index contributed by atoms with van der Waals surface area (Å²) in [6.45, 7) is 4.36. The van der Waals surface area contributed by atoms with Crippen molar-refractivity contribution in [1.82, 2.24) is 5.32 Å². The minimum absolute atomic E-state index is 0.0574. The Morgan fingerprint density at radius 3 is 2.50 bits per heavy atom. The fraction of sp³-hybridized carbons (Fsp3) is 0.529. The second-order valence-corrected chi connectivity index (χ2v) is 6.45. The smallest absolute Gasteiger partial charge is 0.224 e. The lowest BCUT2D eigenvalue weighted by atomic mass is 10.00. The molecule has 1 amide bonds.